The van der Waals surface area contributed by atoms with Gasteiger partial charge in [0.1, 0.15) is 6.10 Å². The largest absolute Gasteiger partial charge is 0.506 e. The highest BCUT2D eigenvalue weighted by Crippen LogP contribution is 2.16. The first-order chi connectivity index (χ1) is 9.20. The van der Waals surface area contributed by atoms with Gasteiger partial charge in [-0.1, -0.05) is 65.2 Å². The first kappa shape index (κ1) is 18.3. The molecule has 0 amide bonds. The molecule has 0 saturated heterocycles. The van der Waals surface area contributed by atoms with Crippen molar-refractivity contribution in [1.82, 2.24) is 0 Å². The second kappa shape index (κ2) is 13.7. The minimum atomic E-state index is -1.12. The van der Waals surface area contributed by atoms with Crippen LogP contribution in [0.25, 0.3) is 0 Å². The number of carbonyl (C=O) groups is 1. The third-order valence-electron chi connectivity index (χ3n) is 3.53. The van der Waals surface area contributed by atoms with Crippen molar-refractivity contribution in [2.45, 2.75) is 97.0 Å². The number of hydrogen-bond acceptors (Lipinski definition) is 2. The van der Waals surface area contributed by atoms with Crippen molar-refractivity contribution in [2.75, 3.05) is 0 Å². The third-order valence-corrected chi connectivity index (χ3v) is 3.53. The number of carboxylic acid groups (broad SMARTS) is 1. The minimum Gasteiger partial charge on any atom is -0.450 e. The summed E-state index contributed by atoms with van der Waals surface area (Å²) < 4.78 is 4.96. The maximum absolute atomic E-state index is 10.6. The van der Waals surface area contributed by atoms with Crippen LogP contribution < -0.4 is 0 Å². The molecule has 0 aromatic heterocycles. The summed E-state index contributed by atoms with van der Waals surface area (Å²) in [6.45, 7) is 4.38. The molecule has 1 atom stereocenters. The van der Waals surface area contributed by atoms with Gasteiger partial charge in [0.05, 0.1) is 0 Å². The number of rotatable bonds is 13. The molecule has 0 rings (SSSR count). The van der Waals surface area contributed by atoms with Gasteiger partial charge in [-0.05, 0) is 25.7 Å². The molecule has 0 fully saturated rings. The Hall–Kier alpha value is -0.730. The maximum atomic E-state index is 10.6. The van der Waals surface area contributed by atoms with Crippen molar-refractivity contribution >= 4 is 6.16 Å². The predicted octanol–water partition coefficient (Wildman–Crippen LogP) is 5.77. The van der Waals surface area contributed by atoms with E-state index < -0.39 is 6.16 Å². The standard InChI is InChI=1S/C16H32O3/c1-3-5-7-8-9-10-12-14-15(19-16(17)18)13-11-6-4-2/h15H,3-14H2,1-2H3,(H,17,18). The van der Waals surface area contributed by atoms with Crippen molar-refractivity contribution in [3.8, 4) is 0 Å². The van der Waals surface area contributed by atoms with Gasteiger partial charge in [-0.2, -0.15) is 0 Å². The van der Waals surface area contributed by atoms with E-state index in [1.165, 1.54) is 38.5 Å². The fourth-order valence-corrected chi connectivity index (χ4v) is 2.36. The summed E-state index contributed by atoms with van der Waals surface area (Å²) in [4.78, 5) is 10.6. The summed E-state index contributed by atoms with van der Waals surface area (Å²) in [5.74, 6) is 0. The third kappa shape index (κ3) is 13.5. The van der Waals surface area contributed by atoms with E-state index in [-0.39, 0.29) is 6.10 Å². The summed E-state index contributed by atoms with van der Waals surface area (Å²) in [6, 6.07) is 0. The second-order valence-corrected chi connectivity index (χ2v) is 5.41. The zero-order valence-corrected chi connectivity index (χ0v) is 12.8. The number of unbranched alkanes of at least 4 members (excludes halogenated alkanes) is 8. The molecule has 0 aliphatic carbocycles. The van der Waals surface area contributed by atoms with Crippen LogP contribution in [-0.4, -0.2) is 17.4 Å². The molecule has 3 heteroatoms. The fraction of sp³-hybridized carbons (Fsp3) is 0.938. The normalized spacial score (nSPS) is 12.3. The first-order valence-corrected chi connectivity index (χ1v) is 8.10. The molecular formula is C16H32O3. The summed E-state index contributed by atoms with van der Waals surface area (Å²) >= 11 is 0. The summed E-state index contributed by atoms with van der Waals surface area (Å²) in [7, 11) is 0. The molecule has 0 spiro atoms. The summed E-state index contributed by atoms with van der Waals surface area (Å²) in [5, 5.41) is 8.72. The summed E-state index contributed by atoms with van der Waals surface area (Å²) in [6.07, 6.45) is 12.8. The Morgan fingerprint density at radius 1 is 0.842 bits per heavy atom. The SMILES string of the molecule is CCCCCCCCCC(CCCCC)OC(=O)O. The van der Waals surface area contributed by atoms with Crippen LogP contribution in [0.5, 0.6) is 0 Å². The molecule has 19 heavy (non-hydrogen) atoms. The molecule has 0 aliphatic rings. The average Bonchev–Trinajstić information content (AvgIpc) is 2.37. The van der Waals surface area contributed by atoms with Gasteiger partial charge < -0.3 is 9.84 Å². The van der Waals surface area contributed by atoms with Gasteiger partial charge >= 0.3 is 6.16 Å². The Morgan fingerprint density at radius 3 is 1.79 bits per heavy atom. The first-order valence-electron chi connectivity index (χ1n) is 8.10. The second-order valence-electron chi connectivity index (χ2n) is 5.41. The molecule has 3 nitrogen and oxygen atoms in total. The minimum absolute atomic E-state index is 0.0836. The Bertz CT molecular complexity index is 204. The van der Waals surface area contributed by atoms with Crippen LogP contribution in [0, 0.1) is 0 Å². The molecule has 0 bridgehead atoms. The van der Waals surface area contributed by atoms with Crippen LogP contribution in [0.2, 0.25) is 0 Å². The lowest BCUT2D eigenvalue weighted by Gasteiger charge is -2.15. The van der Waals surface area contributed by atoms with Crippen LogP contribution >= 0.6 is 0 Å². The Kier molecular flexibility index (Phi) is 13.2. The van der Waals surface area contributed by atoms with Crippen molar-refractivity contribution in [2.24, 2.45) is 0 Å². The van der Waals surface area contributed by atoms with E-state index in [4.69, 9.17) is 9.84 Å². The smallest absolute Gasteiger partial charge is 0.450 e. The van der Waals surface area contributed by atoms with E-state index in [0.717, 1.165) is 38.5 Å². The molecule has 0 aromatic rings. The van der Waals surface area contributed by atoms with E-state index in [9.17, 15) is 4.79 Å². The molecule has 0 saturated carbocycles. The summed E-state index contributed by atoms with van der Waals surface area (Å²) in [5.41, 5.74) is 0. The van der Waals surface area contributed by atoms with E-state index in [1.54, 1.807) is 0 Å². The number of hydrogen-bond donors (Lipinski definition) is 1. The predicted molar refractivity (Wildman–Crippen MR) is 79.6 cm³/mol. The van der Waals surface area contributed by atoms with E-state index in [1.807, 2.05) is 0 Å². The van der Waals surface area contributed by atoms with Crippen LogP contribution in [0.1, 0.15) is 90.9 Å². The van der Waals surface area contributed by atoms with Crippen molar-refractivity contribution < 1.29 is 14.6 Å². The molecule has 0 aliphatic heterocycles. The molecule has 0 aromatic carbocycles. The van der Waals surface area contributed by atoms with Crippen molar-refractivity contribution in [1.29, 1.82) is 0 Å². The lowest BCUT2D eigenvalue weighted by Crippen LogP contribution is -2.16. The molecule has 0 radical (unpaired) electrons. The van der Waals surface area contributed by atoms with Crippen LogP contribution in [0.4, 0.5) is 4.79 Å². The van der Waals surface area contributed by atoms with Gasteiger partial charge in [0, 0.05) is 0 Å². The fourth-order valence-electron chi connectivity index (χ4n) is 2.36. The lowest BCUT2D eigenvalue weighted by atomic mass is 10.0. The van der Waals surface area contributed by atoms with Gasteiger partial charge in [0.25, 0.3) is 0 Å². The molecule has 114 valence electrons. The number of ether oxygens (including phenoxy) is 1. The van der Waals surface area contributed by atoms with Gasteiger partial charge in [-0.25, -0.2) is 4.79 Å². The topological polar surface area (TPSA) is 46.5 Å². The van der Waals surface area contributed by atoms with Crippen LogP contribution in [0.15, 0.2) is 0 Å². The molecular weight excluding hydrogens is 240 g/mol. The van der Waals surface area contributed by atoms with E-state index in [2.05, 4.69) is 13.8 Å². The molecule has 1 N–H and O–H groups in total. The maximum Gasteiger partial charge on any atom is 0.506 e. The highest BCUT2D eigenvalue weighted by Gasteiger charge is 2.12. The van der Waals surface area contributed by atoms with Crippen molar-refractivity contribution in [3.63, 3.8) is 0 Å². The zero-order valence-electron chi connectivity index (χ0n) is 12.8. The Morgan fingerprint density at radius 2 is 1.26 bits per heavy atom. The zero-order chi connectivity index (χ0) is 14.3. The highest BCUT2D eigenvalue weighted by molar-refractivity contribution is 5.57. The van der Waals surface area contributed by atoms with Gasteiger partial charge in [0.2, 0.25) is 0 Å². The quantitative estimate of drug-likeness (QED) is 0.342. The lowest BCUT2D eigenvalue weighted by molar-refractivity contribution is 0.0423. The van der Waals surface area contributed by atoms with Crippen molar-refractivity contribution in [3.05, 3.63) is 0 Å². The van der Waals surface area contributed by atoms with E-state index >= 15 is 0 Å². The average molecular weight is 272 g/mol. The Balaban J connectivity index is 3.58. The molecule has 0 heterocycles. The van der Waals surface area contributed by atoms with Crippen LogP contribution in [0.3, 0.4) is 0 Å². The highest BCUT2D eigenvalue weighted by atomic mass is 16.7. The van der Waals surface area contributed by atoms with Gasteiger partial charge in [-0.15, -0.1) is 0 Å². The monoisotopic (exact) mass is 272 g/mol. The Labute approximate surface area is 118 Å². The van der Waals surface area contributed by atoms with Crippen LogP contribution in [-0.2, 0) is 4.74 Å². The molecule has 1 unspecified atom stereocenters. The van der Waals surface area contributed by atoms with E-state index in [0.29, 0.717) is 0 Å². The van der Waals surface area contributed by atoms with Gasteiger partial charge in [0.15, 0.2) is 0 Å². The van der Waals surface area contributed by atoms with Gasteiger partial charge in [-0.3, -0.25) is 0 Å².